The molecule has 112 valence electrons. The van der Waals surface area contributed by atoms with Crippen LogP contribution in [0.2, 0.25) is 0 Å². The summed E-state index contributed by atoms with van der Waals surface area (Å²) in [6.45, 7) is 0. The van der Waals surface area contributed by atoms with E-state index in [0.29, 0.717) is 5.69 Å². The summed E-state index contributed by atoms with van der Waals surface area (Å²) < 4.78 is 0. The van der Waals surface area contributed by atoms with Crippen LogP contribution in [0, 0.1) is 0 Å². The van der Waals surface area contributed by atoms with E-state index < -0.39 is 0 Å². The summed E-state index contributed by atoms with van der Waals surface area (Å²) in [6.07, 6.45) is 3.04. The van der Waals surface area contributed by atoms with Gasteiger partial charge in [0, 0.05) is 17.3 Å². The van der Waals surface area contributed by atoms with Crippen LogP contribution in [0.4, 0.5) is 0 Å². The average molecular weight is 301 g/mol. The molecule has 0 saturated carbocycles. The van der Waals surface area contributed by atoms with Gasteiger partial charge in [0.2, 0.25) is 0 Å². The van der Waals surface area contributed by atoms with Gasteiger partial charge in [0.15, 0.2) is 0 Å². The Morgan fingerprint density at radius 2 is 1.43 bits per heavy atom. The zero-order chi connectivity index (χ0) is 15.9. The Labute approximate surface area is 134 Å². The predicted molar refractivity (Wildman–Crippen MR) is 92.0 cm³/mol. The van der Waals surface area contributed by atoms with E-state index in [0.717, 1.165) is 16.8 Å². The van der Waals surface area contributed by atoms with Crippen molar-refractivity contribution in [3.8, 4) is 5.75 Å². The highest BCUT2D eigenvalue weighted by Crippen LogP contribution is 2.12. The van der Waals surface area contributed by atoms with Gasteiger partial charge in [0.1, 0.15) is 17.2 Å². The van der Waals surface area contributed by atoms with Crippen molar-refractivity contribution >= 4 is 11.9 Å². The zero-order valence-electron chi connectivity index (χ0n) is 12.4. The fourth-order valence-corrected chi connectivity index (χ4v) is 2.12. The normalized spacial score (nSPS) is 10.6. The summed E-state index contributed by atoms with van der Waals surface area (Å²) in [5.74, 6) is 0.0763. The quantitative estimate of drug-likeness (QED) is 0.590. The highest BCUT2D eigenvalue weighted by molar-refractivity contribution is 6.12. The highest BCUT2D eigenvalue weighted by Gasteiger charge is 2.06. The molecule has 3 rings (SSSR count). The molecule has 2 aromatic carbocycles. The molecule has 0 aliphatic heterocycles. The topological polar surface area (TPSA) is 57.8 Å². The smallest absolute Gasteiger partial charge is 0.142 e. The van der Waals surface area contributed by atoms with Gasteiger partial charge in [-0.25, -0.2) is 0 Å². The van der Waals surface area contributed by atoms with Crippen LogP contribution in [-0.2, 0) is 0 Å². The summed E-state index contributed by atoms with van der Waals surface area (Å²) >= 11 is 0. The lowest BCUT2D eigenvalue weighted by Gasteiger charge is -2.05. The maximum absolute atomic E-state index is 9.71. The zero-order valence-corrected chi connectivity index (χ0v) is 12.4. The predicted octanol–water partition coefficient (Wildman–Crippen LogP) is 3.66. The lowest BCUT2D eigenvalue weighted by atomic mass is 10.0. The third-order valence-electron chi connectivity index (χ3n) is 3.25. The standard InChI is InChI=1S/C19H15N3O/c23-18-12-7-13-20-17(18)14-21-22-19(15-8-3-1-4-9-15)16-10-5-2-6-11-16/h1-14,23H/b21-14+. The number of pyridine rings is 1. The van der Waals surface area contributed by atoms with Crippen LogP contribution >= 0.6 is 0 Å². The lowest BCUT2D eigenvalue weighted by Crippen LogP contribution is -2.02. The highest BCUT2D eigenvalue weighted by atomic mass is 16.3. The van der Waals surface area contributed by atoms with Crippen molar-refractivity contribution in [1.29, 1.82) is 0 Å². The maximum atomic E-state index is 9.71. The molecular formula is C19H15N3O. The molecule has 0 fully saturated rings. The Morgan fingerprint density at radius 1 is 0.826 bits per heavy atom. The summed E-state index contributed by atoms with van der Waals surface area (Å²) in [5, 5.41) is 18.1. The van der Waals surface area contributed by atoms with Crippen LogP contribution in [0.25, 0.3) is 0 Å². The molecule has 1 N–H and O–H groups in total. The molecule has 4 nitrogen and oxygen atoms in total. The second-order valence-electron chi connectivity index (χ2n) is 4.83. The number of hydrogen-bond donors (Lipinski definition) is 1. The Balaban J connectivity index is 1.97. The fraction of sp³-hybridized carbons (Fsp3) is 0. The van der Waals surface area contributed by atoms with Gasteiger partial charge in [0.25, 0.3) is 0 Å². The second-order valence-corrected chi connectivity index (χ2v) is 4.83. The van der Waals surface area contributed by atoms with Crippen LogP contribution in [0.1, 0.15) is 16.8 Å². The molecule has 0 atom stereocenters. The van der Waals surface area contributed by atoms with E-state index in [1.807, 2.05) is 60.7 Å². The van der Waals surface area contributed by atoms with Gasteiger partial charge in [-0.2, -0.15) is 5.10 Å². The van der Waals surface area contributed by atoms with Crippen LogP contribution in [0.5, 0.6) is 5.75 Å². The summed E-state index contributed by atoms with van der Waals surface area (Å²) in [5.41, 5.74) is 3.09. The number of benzene rings is 2. The number of rotatable bonds is 4. The molecule has 3 aromatic rings. The lowest BCUT2D eigenvalue weighted by molar-refractivity contribution is 0.471. The second kappa shape index (κ2) is 7.13. The minimum Gasteiger partial charge on any atom is -0.506 e. The van der Waals surface area contributed by atoms with Crippen molar-refractivity contribution in [3.05, 3.63) is 95.8 Å². The van der Waals surface area contributed by atoms with Crippen molar-refractivity contribution < 1.29 is 5.11 Å². The summed E-state index contributed by atoms with van der Waals surface area (Å²) in [4.78, 5) is 4.05. The molecule has 23 heavy (non-hydrogen) atoms. The Kier molecular flexibility index (Phi) is 4.55. The van der Waals surface area contributed by atoms with Gasteiger partial charge < -0.3 is 5.11 Å². The van der Waals surface area contributed by atoms with Gasteiger partial charge in [0.05, 0.1) is 6.21 Å². The molecule has 0 radical (unpaired) electrons. The number of nitrogens with zero attached hydrogens (tertiary/aromatic N) is 3. The van der Waals surface area contributed by atoms with E-state index in [1.54, 1.807) is 18.3 Å². The number of aromatic hydroxyl groups is 1. The number of hydrogen-bond acceptors (Lipinski definition) is 4. The van der Waals surface area contributed by atoms with Gasteiger partial charge in [-0.05, 0) is 12.1 Å². The molecule has 0 unspecified atom stereocenters. The fourth-order valence-electron chi connectivity index (χ4n) is 2.12. The van der Waals surface area contributed by atoms with Gasteiger partial charge >= 0.3 is 0 Å². The third-order valence-corrected chi connectivity index (χ3v) is 3.25. The molecule has 1 heterocycles. The van der Waals surface area contributed by atoms with E-state index in [1.165, 1.54) is 6.21 Å². The monoisotopic (exact) mass is 301 g/mol. The molecule has 1 aromatic heterocycles. The molecule has 0 amide bonds. The molecule has 0 bridgehead atoms. The average Bonchev–Trinajstić information content (AvgIpc) is 2.62. The first-order valence-electron chi connectivity index (χ1n) is 7.20. The molecule has 4 heteroatoms. The van der Waals surface area contributed by atoms with Crippen molar-refractivity contribution in [2.45, 2.75) is 0 Å². The minimum atomic E-state index is 0.0763. The van der Waals surface area contributed by atoms with Crippen molar-refractivity contribution in [1.82, 2.24) is 4.98 Å². The largest absolute Gasteiger partial charge is 0.506 e. The van der Waals surface area contributed by atoms with Crippen molar-refractivity contribution in [2.24, 2.45) is 10.2 Å². The van der Waals surface area contributed by atoms with E-state index in [-0.39, 0.29) is 5.75 Å². The van der Waals surface area contributed by atoms with Gasteiger partial charge in [-0.15, -0.1) is 5.10 Å². The van der Waals surface area contributed by atoms with E-state index >= 15 is 0 Å². The first kappa shape index (κ1) is 14.7. The van der Waals surface area contributed by atoms with Crippen molar-refractivity contribution in [2.75, 3.05) is 0 Å². The SMILES string of the molecule is Oc1cccnc1/C=N/N=C(c1ccccc1)c1ccccc1. The molecule has 0 aliphatic carbocycles. The Bertz CT molecular complexity index is 786. The van der Waals surface area contributed by atoms with Crippen LogP contribution in [0.15, 0.2) is 89.2 Å². The Hall–Kier alpha value is -3.27. The summed E-state index contributed by atoms with van der Waals surface area (Å²) in [6, 6.07) is 22.9. The van der Waals surface area contributed by atoms with Crippen LogP contribution in [-0.4, -0.2) is 22.0 Å². The van der Waals surface area contributed by atoms with E-state index in [9.17, 15) is 5.11 Å². The van der Waals surface area contributed by atoms with Crippen LogP contribution in [0.3, 0.4) is 0 Å². The maximum Gasteiger partial charge on any atom is 0.142 e. The van der Waals surface area contributed by atoms with Crippen molar-refractivity contribution in [3.63, 3.8) is 0 Å². The summed E-state index contributed by atoms with van der Waals surface area (Å²) in [7, 11) is 0. The molecule has 0 aliphatic rings. The van der Waals surface area contributed by atoms with E-state index in [4.69, 9.17) is 0 Å². The Morgan fingerprint density at radius 3 is 2.00 bits per heavy atom. The minimum absolute atomic E-state index is 0.0763. The first-order chi connectivity index (χ1) is 11.3. The van der Waals surface area contributed by atoms with Gasteiger partial charge in [-0.3, -0.25) is 4.98 Å². The molecular weight excluding hydrogens is 286 g/mol. The third kappa shape index (κ3) is 3.68. The van der Waals surface area contributed by atoms with E-state index in [2.05, 4.69) is 15.2 Å². The van der Waals surface area contributed by atoms with Gasteiger partial charge in [-0.1, -0.05) is 60.7 Å². The molecule has 0 saturated heterocycles. The van der Waals surface area contributed by atoms with Crippen LogP contribution < -0.4 is 0 Å². The first-order valence-corrected chi connectivity index (χ1v) is 7.20. The molecule has 0 spiro atoms. The number of aromatic nitrogens is 1.